The Hall–Kier alpha value is -0.250. The zero-order chi connectivity index (χ0) is 10.2. The summed E-state index contributed by atoms with van der Waals surface area (Å²) in [6.45, 7) is 0.577. The smallest absolute Gasteiger partial charge is 0.133 e. The molecule has 0 amide bonds. The zero-order valence-electron chi connectivity index (χ0n) is 7.59. The van der Waals surface area contributed by atoms with Crippen LogP contribution in [0.5, 0.6) is 5.75 Å². The molecule has 0 heterocycles. The number of hydrogen-bond acceptors (Lipinski definition) is 2. The standard InChI is InChI=1S/C10H11BrClNO/c11-8-5-7(12)1-2-9(8)14-6-10(13)3-4-10/h1-2,5H,3-4,6,13H2. The van der Waals surface area contributed by atoms with Crippen LogP contribution in [0.3, 0.4) is 0 Å². The molecule has 76 valence electrons. The van der Waals surface area contributed by atoms with Crippen molar-refractivity contribution in [3.05, 3.63) is 27.7 Å². The lowest BCUT2D eigenvalue weighted by atomic mass is 10.3. The largest absolute Gasteiger partial charge is 0.490 e. The van der Waals surface area contributed by atoms with Crippen molar-refractivity contribution in [2.24, 2.45) is 5.73 Å². The molecule has 1 saturated carbocycles. The molecule has 1 aromatic carbocycles. The lowest BCUT2D eigenvalue weighted by molar-refractivity contribution is 0.278. The second-order valence-electron chi connectivity index (χ2n) is 3.73. The van der Waals surface area contributed by atoms with Gasteiger partial charge in [-0.2, -0.15) is 0 Å². The Labute approximate surface area is 96.5 Å². The first-order valence-corrected chi connectivity index (χ1v) is 5.63. The van der Waals surface area contributed by atoms with Crippen molar-refractivity contribution in [3.8, 4) is 5.75 Å². The van der Waals surface area contributed by atoms with Crippen LogP contribution < -0.4 is 10.5 Å². The molecule has 0 bridgehead atoms. The Bertz CT molecular complexity index is 352. The van der Waals surface area contributed by atoms with Gasteiger partial charge in [0.05, 0.1) is 10.0 Å². The predicted molar refractivity (Wildman–Crippen MR) is 60.8 cm³/mol. The summed E-state index contributed by atoms with van der Waals surface area (Å²) in [6.07, 6.45) is 2.11. The second-order valence-corrected chi connectivity index (χ2v) is 5.02. The Kier molecular flexibility index (Phi) is 2.73. The van der Waals surface area contributed by atoms with Crippen LogP contribution in [0.25, 0.3) is 0 Å². The normalized spacial score (nSPS) is 17.9. The van der Waals surface area contributed by atoms with Gasteiger partial charge in [-0.3, -0.25) is 0 Å². The van der Waals surface area contributed by atoms with Crippen LogP contribution in [0.1, 0.15) is 12.8 Å². The van der Waals surface area contributed by atoms with Gasteiger partial charge >= 0.3 is 0 Å². The predicted octanol–water partition coefficient (Wildman–Crippen LogP) is 2.97. The van der Waals surface area contributed by atoms with E-state index in [-0.39, 0.29) is 5.54 Å². The molecule has 2 rings (SSSR count). The molecule has 0 spiro atoms. The molecule has 1 aliphatic carbocycles. The van der Waals surface area contributed by atoms with Gasteiger partial charge in [-0.05, 0) is 47.0 Å². The van der Waals surface area contributed by atoms with E-state index in [4.69, 9.17) is 22.1 Å². The van der Waals surface area contributed by atoms with Crippen molar-refractivity contribution < 1.29 is 4.74 Å². The van der Waals surface area contributed by atoms with E-state index in [9.17, 15) is 0 Å². The maximum absolute atomic E-state index is 5.91. The molecule has 4 heteroatoms. The summed E-state index contributed by atoms with van der Waals surface area (Å²) in [5.41, 5.74) is 5.82. The number of rotatable bonds is 3. The fourth-order valence-corrected chi connectivity index (χ4v) is 1.92. The highest BCUT2D eigenvalue weighted by Crippen LogP contribution is 2.34. The van der Waals surface area contributed by atoms with Crippen LogP contribution in [-0.4, -0.2) is 12.1 Å². The molecular formula is C10H11BrClNO. The Morgan fingerprint density at radius 3 is 2.79 bits per heavy atom. The van der Waals surface area contributed by atoms with Gasteiger partial charge < -0.3 is 10.5 Å². The van der Waals surface area contributed by atoms with Crippen molar-refractivity contribution in [1.82, 2.24) is 0 Å². The molecule has 1 aromatic rings. The maximum Gasteiger partial charge on any atom is 0.133 e. The van der Waals surface area contributed by atoms with E-state index in [1.807, 2.05) is 12.1 Å². The van der Waals surface area contributed by atoms with Crippen LogP contribution in [0.4, 0.5) is 0 Å². The van der Waals surface area contributed by atoms with Crippen LogP contribution >= 0.6 is 27.5 Å². The number of nitrogens with two attached hydrogens (primary N) is 1. The highest BCUT2D eigenvalue weighted by molar-refractivity contribution is 9.10. The van der Waals surface area contributed by atoms with E-state index in [2.05, 4.69) is 15.9 Å². The van der Waals surface area contributed by atoms with Crippen LogP contribution in [-0.2, 0) is 0 Å². The van der Waals surface area contributed by atoms with Crippen molar-refractivity contribution in [2.45, 2.75) is 18.4 Å². The third-order valence-electron chi connectivity index (χ3n) is 2.30. The fraction of sp³-hybridized carbons (Fsp3) is 0.400. The van der Waals surface area contributed by atoms with Crippen molar-refractivity contribution in [1.29, 1.82) is 0 Å². The molecule has 1 fully saturated rings. The topological polar surface area (TPSA) is 35.2 Å². The molecule has 1 aliphatic rings. The van der Waals surface area contributed by atoms with Gasteiger partial charge in [0.15, 0.2) is 0 Å². The Morgan fingerprint density at radius 2 is 2.21 bits per heavy atom. The highest BCUT2D eigenvalue weighted by Gasteiger charge is 2.39. The lowest BCUT2D eigenvalue weighted by Crippen LogP contribution is -2.29. The van der Waals surface area contributed by atoms with Gasteiger partial charge in [0.1, 0.15) is 12.4 Å². The number of benzene rings is 1. The minimum atomic E-state index is -0.0842. The Morgan fingerprint density at radius 1 is 1.50 bits per heavy atom. The average Bonchev–Trinajstić information content (AvgIpc) is 2.83. The van der Waals surface area contributed by atoms with E-state index in [1.165, 1.54) is 0 Å². The number of hydrogen-bond donors (Lipinski definition) is 1. The first kappa shape index (κ1) is 10.3. The van der Waals surface area contributed by atoms with E-state index < -0.39 is 0 Å². The van der Waals surface area contributed by atoms with Gasteiger partial charge in [0.25, 0.3) is 0 Å². The van der Waals surface area contributed by atoms with E-state index in [1.54, 1.807) is 6.07 Å². The van der Waals surface area contributed by atoms with Crippen molar-refractivity contribution >= 4 is 27.5 Å². The van der Waals surface area contributed by atoms with Crippen LogP contribution in [0.2, 0.25) is 5.02 Å². The van der Waals surface area contributed by atoms with Gasteiger partial charge in [-0.25, -0.2) is 0 Å². The fourth-order valence-electron chi connectivity index (χ4n) is 1.12. The summed E-state index contributed by atoms with van der Waals surface area (Å²) < 4.78 is 6.46. The molecule has 0 atom stereocenters. The maximum atomic E-state index is 5.91. The lowest BCUT2D eigenvalue weighted by Gasteiger charge is -2.12. The minimum Gasteiger partial charge on any atom is -0.490 e. The van der Waals surface area contributed by atoms with Gasteiger partial charge in [0.2, 0.25) is 0 Å². The summed E-state index contributed by atoms with van der Waals surface area (Å²) in [4.78, 5) is 0. The van der Waals surface area contributed by atoms with E-state index >= 15 is 0 Å². The quantitative estimate of drug-likeness (QED) is 0.921. The monoisotopic (exact) mass is 275 g/mol. The van der Waals surface area contributed by atoms with Crippen molar-refractivity contribution in [2.75, 3.05) is 6.61 Å². The Balaban J connectivity index is 2.02. The van der Waals surface area contributed by atoms with Gasteiger partial charge in [-0.15, -0.1) is 0 Å². The molecule has 0 aliphatic heterocycles. The van der Waals surface area contributed by atoms with Crippen molar-refractivity contribution in [3.63, 3.8) is 0 Å². The molecule has 14 heavy (non-hydrogen) atoms. The summed E-state index contributed by atoms with van der Waals surface area (Å²) in [7, 11) is 0. The number of halogens is 2. The summed E-state index contributed by atoms with van der Waals surface area (Å²) in [5.74, 6) is 0.797. The molecule has 2 nitrogen and oxygen atoms in total. The third-order valence-corrected chi connectivity index (χ3v) is 3.16. The van der Waals surface area contributed by atoms with Gasteiger partial charge in [0, 0.05) is 5.02 Å². The molecule has 0 unspecified atom stereocenters. The molecule has 2 N–H and O–H groups in total. The summed E-state index contributed by atoms with van der Waals surface area (Å²) >= 11 is 9.19. The average molecular weight is 277 g/mol. The molecule has 0 aromatic heterocycles. The highest BCUT2D eigenvalue weighted by atomic mass is 79.9. The minimum absolute atomic E-state index is 0.0842. The molecule has 0 saturated heterocycles. The number of ether oxygens (including phenoxy) is 1. The molecule has 0 radical (unpaired) electrons. The van der Waals surface area contributed by atoms with Gasteiger partial charge in [-0.1, -0.05) is 11.6 Å². The zero-order valence-corrected chi connectivity index (χ0v) is 9.94. The molecular weight excluding hydrogens is 265 g/mol. The first-order chi connectivity index (χ1) is 6.59. The van der Waals surface area contributed by atoms with Crippen LogP contribution in [0, 0.1) is 0 Å². The first-order valence-electron chi connectivity index (χ1n) is 4.46. The summed E-state index contributed by atoms with van der Waals surface area (Å²) in [6, 6.07) is 5.46. The third kappa shape index (κ3) is 2.41. The van der Waals surface area contributed by atoms with Crippen LogP contribution in [0.15, 0.2) is 22.7 Å². The second kappa shape index (κ2) is 3.72. The SMILES string of the molecule is NC1(COc2ccc(Cl)cc2Br)CC1. The van der Waals surface area contributed by atoms with E-state index in [0.29, 0.717) is 11.6 Å². The summed E-state index contributed by atoms with van der Waals surface area (Å²) in [5, 5.41) is 0.693. The van der Waals surface area contributed by atoms with E-state index in [0.717, 1.165) is 23.1 Å².